The number of hydrogen-bond acceptors (Lipinski definition) is 4. The fourth-order valence-electron chi connectivity index (χ4n) is 2.82. The van der Waals surface area contributed by atoms with E-state index in [2.05, 4.69) is 6.92 Å². The third-order valence-corrected chi connectivity index (χ3v) is 4.58. The number of benzene rings is 2. The molecule has 0 aliphatic heterocycles. The third kappa shape index (κ3) is 8.54. The first-order valence-corrected chi connectivity index (χ1v) is 9.56. The first-order chi connectivity index (χ1) is 13.2. The summed E-state index contributed by atoms with van der Waals surface area (Å²) in [6.45, 7) is 2.69. The van der Waals surface area contributed by atoms with Crippen molar-refractivity contribution in [3.63, 3.8) is 0 Å². The summed E-state index contributed by atoms with van der Waals surface area (Å²) in [5.41, 5.74) is 1.97. The van der Waals surface area contributed by atoms with E-state index in [9.17, 15) is 9.59 Å². The largest absolute Gasteiger partial charge is 0.461 e. The summed E-state index contributed by atoms with van der Waals surface area (Å²) >= 11 is 0. The minimum Gasteiger partial charge on any atom is -0.461 e. The minimum atomic E-state index is -0.191. The Morgan fingerprint density at radius 2 is 1.15 bits per heavy atom. The van der Waals surface area contributed by atoms with Crippen molar-refractivity contribution in [1.82, 2.24) is 0 Å². The average Bonchev–Trinajstić information content (AvgIpc) is 2.72. The summed E-state index contributed by atoms with van der Waals surface area (Å²) in [5.74, 6) is -0.0635. The number of carbonyl (C=O) groups excluding carboxylic acids is 2. The van der Waals surface area contributed by atoms with Crippen LogP contribution < -0.4 is 0 Å². The predicted octanol–water partition coefficient (Wildman–Crippen LogP) is 5.06. The molecule has 0 atom stereocenters. The van der Waals surface area contributed by atoms with E-state index in [1.54, 1.807) is 0 Å². The summed E-state index contributed by atoms with van der Waals surface area (Å²) in [6.07, 6.45) is 3.15. The fraction of sp³-hybridized carbons (Fsp3) is 0.391. The van der Waals surface area contributed by atoms with E-state index >= 15 is 0 Å². The molecule has 0 heterocycles. The molecule has 0 aliphatic carbocycles. The van der Waals surface area contributed by atoms with Gasteiger partial charge in [0.25, 0.3) is 0 Å². The molecule has 27 heavy (non-hydrogen) atoms. The van der Waals surface area contributed by atoms with Crippen LogP contribution in [0.5, 0.6) is 0 Å². The van der Waals surface area contributed by atoms with E-state index in [4.69, 9.17) is 9.47 Å². The highest BCUT2D eigenvalue weighted by Crippen LogP contribution is 2.19. The van der Waals surface area contributed by atoms with Crippen molar-refractivity contribution in [2.45, 2.75) is 52.2 Å². The Morgan fingerprint density at radius 3 is 1.52 bits per heavy atom. The summed E-state index contributed by atoms with van der Waals surface area (Å²) in [6, 6.07) is 19.3. The van der Waals surface area contributed by atoms with Gasteiger partial charge in [0.1, 0.15) is 13.2 Å². The lowest BCUT2D eigenvalue weighted by atomic mass is 9.95. The van der Waals surface area contributed by atoms with Crippen LogP contribution in [0.4, 0.5) is 0 Å². The Kier molecular flexibility index (Phi) is 9.11. The monoisotopic (exact) mass is 368 g/mol. The van der Waals surface area contributed by atoms with E-state index < -0.39 is 0 Å². The molecule has 4 nitrogen and oxygen atoms in total. The van der Waals surface area contributed by atoms with E-state index in [0.29, 0.717) is 32.0 Å². The molecule has 144 valence electrons. The Bertz CT molecular complexity index is 623. The lowest BCUT2D eigenvalue weighted by Gasteiger charge is -2.14. The van der Waals surface area contributed by atoms with Gasteiger partial charge in [-0.05, 0) is 29.9 Å². The van der Waals surface area contributed by atoms with Crippen LogP contribution in [-0.4, -0.2) is 11.9 Å². The Morgan fingerprint density at radius 1 is 0.741 bits per heavy atom. The number of rotatable bonds is 11. The molecule has 4 heteroatoms. The molecule has 0 aliphatic rings. The molecule has 2 aromatic rings. The van der Waals surface area contributed by atoms with Crippen molar-refractivity contribution in [3.05, 3.63) is 71.8 Å². The number of ether oxygens (including phenoxy) is 2. The number of carbonyl (C=O) groups is 2. The highest BCUT2D eigenvalue weighted by Gasteiger charge is 2.13. The first kappa shape index (κ1) is 20.7. The number of hydrogen-bond donors (Lipinski definition) is 0. The molecule has 2 rings (SSSR count). The van der Waals surface area contributed by atoms with E-state index in [1.807, 2.05) is 60.7 Å². The van der Waals surface area contributed by atoms with Gasteiger partial charge in [0.05, 0.1) is 0 Å². The highest BCUT2D eigenvalue weighted by atomic mass is 16.5. The molecular formula is C23H28O4. The zero-order chi connectivity index (χ0) is 19.3. The van der Waals surface area contributed by atoms with Crippen LogP contribution in [0.3, 0.4) is 0 Å². The van der Waals surface area contributed by atoms with Crippen molar-refractivity contribution < 1.29 is 19.1 Å². The van der Waals surface area contributed by atoms with Crippen LogP contribution in [0.1, 0.15) is 50.2 Å². The predicted molar refractivity (Wildman–Crippen MR) is 105 cm³/mol. The van der Waals surface area contributed by atoms with E-state index in [0.717, 1.165) is 30.4 Å². The van der Waals surface area contributed by atoms with Gasteiger partial charge in [-0.1, -0.05) is 74.0 Å². The smallest absolute Gasteiger partial charge is 0.306 e. The molecule has 0 saturated heterocycles. The quantitative estimate of drug-likeness (QED) is 0.520. The van der Waals surface area contributed by atoms with Gasteiger partial charge in [-0.2, -0.15) is 0 Å². The molecule has 0 aromatic heterocycles. The van der Waals surface area contributed by atoms with Gasteiger partial charge in [0.2, 0.25) is 0 Å². The maximum absolute atomic E-state index is 11.9. The standard InChI is InChI=1S/C23H28O4/c1-2-19(13-15-22(24)26-17-20-9-5-3-6-10-20)14-16-23(25)27-18-21-11-7-4-8-12-21/h3-12,19H,2,13-18H2,1H3. The fourth-order valence-corrected chi connectivity index (χ4v) is 2.82. The highest BCUT2D eigenvalue weighted by molar-refractivity contribution is 5.70. The molecule has 0 unspecified atom stereocenters. The SMILES string of the molecule is CCC(CCC(=O)OCc1ccccc1)CCC(=O)OCc1ccccc1. The second kappa shape index (κ2) is 11.9. The Labute approximate surface area is 161 Å². The molecule has 0 spiro atoms. The van der Waals surface area contributed by atoms with Crippen LogP contribution >= 0.6 is 0 Å². The lowest BCUT2D eigenvalue weighted by molar-refractivity contribution is -0.145. The van der Waals surface area contributed by atoms with Crippen LogP contribution in [0.25, 0.3) is 0 Å². The molecule has 0 N–H and O–H groups in total. The van der Waals surface area contributed by atoms with E-state index in [1.165, 1.54) is 0 Å². The molecule has 0 fully saturated rings. The molecule has 0 amide bonds. The summed E-state index contributed by atoms with van der Waals surface area (Å²) < 4.78 is 10.6. The van der Waals surface area contributed by atoms with E-state index in [-0.39, 0.29) is 11.9 Å². The average molecular weight is 368 g/mol. The van der Waals surface area contributed by atoms with Crippen molar-refractivity contribution in [2.75, 3.05) is 0 Å². The molecule has 2 aromatic carbocycles. The van der Waals surface area contributed by atoms with Gasteiger partial charge < -0.3 is 9.47 Å². The zero-order valence-corrected chi connectivity index (χ0v) is 15.9. The van der Waals surface area contributed by atoms with Crippen LogP contribution in [0.2, 0.25) is 0 Å². The molecule has 0 saturated carbocycles. The van der Waals surface area contributed by atoms with Crippen LogP contribution in [0.15, 0.2) is 60.7 Å². The van der Waals surface area contributed by atoms with Gasteiger partial charge in [-0.15, -0.1) is 0 Å². The molecular weight excluding hydrogens is 340 g/mol. The minimum absolute atomic E-state index is 0.191. The Balaban J connectivity index is 1.61. The maximum Gasteiger partial charge on any atom is 0.306 e. The topological polar surface area (TPSA) is 52.6 Å². The second-order valence-electron chi connectivity index (χ2n) is 6.64. The van der Waals surface area contributed by atoms with Gasteiger partial charge in [-0.3, -0.25) is 9.59 Å². The molecule has 0 bridgehead atoms. The van der Waals surface area contributed by atoms with Crippen molar-refractivity contribution in [1.29, 1.82) is 0 Å². The van der Waals surface area contributed by atoms with Gasteiger partial charge in [-0.25, -0.2) is 0 Å². The molecule has 0 radical (unpaired) electrons. The Hall–Kier alpha value is -2.62. The second-order valence-corrected chi connectivity index (χ2v) is 6.64. The van der Waals surface area contributed by atoms with Crippen LogP contribution in [0, 0.1) is 5.92 Å². The van der Waals surface area contributed by atoms with Gasteiger partial charge in [0, 0.05) is 12.8 Å². The van der Waals surface area contributed by atoms with Crippen LogP contribution in [-0.2, 0) is 32.3 Å². The lowest BCUT2D eigenvalue weighted by Crippen LogP contribution is -2.11. The normalized spacial score (nSPS) is 10.6. The van der Waals surface area contributed by atoms with Crippen molar-refractivity contribution in [3.8, 4) is 0 Å². The summed E-state index contributed by atoms with van der Waals surface area (Å²) in [5, 5.41) is 0. The maximum atomic E-state index is 11.9. The van der Waals surface area contributed by atoms with Crippen molar-refractivity contribution >= 4 is 11.9 Å². The third-order valence-electron chi connectivity index (χ3n) is 4.58. The van der Waals surface area contributed by atoms with Gasteiger partial charge in [0.15, 0.2) is 0 Å². The number of esters is 2. The first-order valence-electron chi connectivity index (χ1n) is 9.56. The summed E-state index contributed by atoms with van der Waals surface area (Å²) in [4.78, 5) is 23.8. The van der Waals surface area contributed by atoms with Crippen molar-refractivity contribution in [2.24, 2.45) is 5.92 Å². The summed E-state index contributed by atoms with van der Waals surface area (Å²) in [7, 11) is 0. The zero-order valence-electron chi connectivity index (χ0n) is 15.9. The van der Waals surface area contributed by atoms with Gasteiger partial charge >= 0.3 is 11.9 Å².